The van der Waals surface area contributed by atoms with Crippen LogP contribution in [0.3, 0.4) is 0 Å². The summed E-state index contributed by atoms with van der Waals surface area (Å²) in [5.41, 5.74) is 0. The molecule has 7 nitrogen and oxygen atoms in total. The summed E-state index contributed by atoms with van der Waals surface area (Å²) in [7, 11) is 1.42. The Hall–Kier alpha value is -2.05. The summed E-state index contributed by atoms with van der Waals surface area (Å²) in [6.45, 7) is 4.82. The van der Waals surface area contributed by atoms with Gasteiger partial charge in [-0.1, -0.05) is 0 Å². The van der Waals surface area contributed by atoms with Crippen LogP contribution < -0.4 is 0 Å². The molecule has 1 saturated heterocycles. The zero-order valence-electron chi connectivity index (χ0n) is 11.4. The number of nitrogens with zero attached hydrogens (tertiary/aromatic N) is 1. The quantitative estimate of drug-likeness (QED) is 0.536. The molecule has 1 aliphatic rings. The summed E-state index contributed by atoms with van der Waals surface area (Å²) in [5, 5.41) is 0. The van der Waals surface area contributed by atoms with Crippen molar-refractivity contribution in [1.29, 1.82) is 0 Å². The third kappa shape index (κ3) is 4.27. The predicted molar refractivity (Wildman–Crippen MR) is 63.6 cm³/mol. The van der Waals surface area contributed by atoms with E-state index in [9.17, 15) is 14.4 Å². The highest BCUT2D eigenvalue weighted by atomic mass is 16.8. The molecule has 0 saturated carbocycles. The molecule has 0 aromatic heterocycles. The maximum Gasteiger partial charge on any atom is 0.377 e. The highest BCUT2D eigenvalue weighted by molar-refractivity contribution is 5.98. The first kappa shape index (κ1) is 15.0. The van der Waals surface area contributed by atoms with Crippen LogP contribution >= 0.6 is 0 Å². The number of likely N-dealkylation sites (N-methyl/N-ethyl adjacent to an activating group) is 1. The van der Waals surface area contributed by atoms with Crippen molar-refractivity contribution in [1.82, 2.24) is 4.90 Å². The average Bonchev–Trinajstić information content (AvgIpc) is 2.51. The Balaban J connectivity index is 2.64. The maximum absolute atomic E-state index is 11.7. The van der Waals surface area contributed by atoms with Gasteiger partial charge in [-0.05, 0) is 6.92 Å². The van der Waals surface area contributed by atoms with Crippen LogP contribution in [-0.4, -0.2) is 48.7 Å². The van der Waals surface area contributed by atoms with Gasteiger partial charge >= 0.3 is 11.9 Å². The van der Waals surface area contributed by atoms with Gasteiger partial charge in [-0.3, -0.25) is 9.59 Å². The van der Waals surface area contributed by atoms with Crippen molar-refractivity contribution >= 4 is 17.8 Å². The molecule has 0 bridgehead atoms. The zero-order valence-corrected chi connectivity index (χ0v) is 11.4. The van der Waals surface area contributed by atoms with Gasteiger partial charge in [0.05, 0.1) is 12.7 Å². The van der Waals surface area contributed by atoms with Crippen molar-refractivity contribution in [2.75, 3.05) is 20.2 Å². The fraction of sp³-hybridized carbons (Fsp3) is 0.583. The molecule has 0 spiro atoms. The summed E-state index contributed by atoms with van der Waals surface area (Å²) in [4.78, 5) is 35.5. The molecule has 1 aliphatic heterocycles. The van der Waals surface area contributed by atoms with E-state index in [4.69, 9.17) is 14.2 Å². The van der Waals surface area contributed by atoms with Gasteiger partial charge in [-0.25, -0.2) is 4.79 Å². The molecule has 1 rings (SSSR count). The van der Waals surface area contributed by atoms with E-state index in [1.807, 2.05) is 0 Å². The molecule has 1 heterocycles. The molecular weight excluding hydrogens is 254 g/mol. The van der Waals surface area contributed by atoms with Crippen molar-refractivity contribution in [2.24, 2.45) is 0 Å². The Labute approximate surface area is 111 Å². The Bertz CT molecular complexity index is 426. The van der Waals surface area contributed by atoms with Crippen LogP contribution in [0.1, 0.15) is 20.8 Å². The summed E-state index contributed by atoms with van der Waals surface area (Å²) >= 11 is 0. The number of hydrogen-bond donors (Lipinski definition) is 0. The number of esters is 2. The van der Waals surface area contributed by atoms with Crippen LogP contribution in [0.5, 0.6) is 0 Å². The van der Waals surface area contributed by atoms with Gasteiger partial charge in [0.15, 0.2) is 0 Å². The standard InChI is InChI=1S/C12H17NO6/c1-5-17-10(15)7-13(4)9(14)6-8-11(16)19-12(2,3)18-8/h6H,5,7H2,1-4H3/b8-6-. The zero-order chi connectivity index (χ0) is 14.6. The summed E-state index contributed by atoms with van der Waals surface area (Å²) in [6.07, 6.45) is 0.996. The summed E-state index contributed by atoms with van der Waals surface area (Å²) in [6, 6.07) is 0. The van der Waals surface area contributed by atoms with Crippen LogP contribution in [0.25, 0.3) is 0 Å². The molecule has 0 N–H and O–H groups in total. The van der Waals surface area contributed by atoms with Crippen molar-refractivity contribution in [3.8, 4) is 0 Å². The van der Waals surface area contributed by atoms with Gasteiger partial charge in [0.1, 0.15) is 6.54 Å². The van der Waals surface area contributed by atoms with Gasteiger partial charge in [0.2, 0.25) is 11.5 Å². The molecule has 106 valence electrons. The number of amides is 1. The van der Waals surface area contributed by atoms with Gasteiger partial charge in [0.25, 0.3) is 5.91 Å². The highest BCUT2D eigenvalue weighted by Gasteiger charge is 2.38. The summed E-state index contributed by atoms with van der Waals surface area (Å²) < 4.78 is 14.7. The summed E-state index contributed by atoms with van der Waals surface area (Å²) in [5.74, 6) is -3.03. The number of ether oxygens (including phenoxy) is 3. The van der Waals surface area contributed by atoms with Crippen molar-refractivity contribution in [3.05, 3.63) is 11.8 Å². The van der Waals surface area contributed by atoms with Gasteiger partial charge in [0, 0.05) is 20.9 Å². The van der Waals surface area contributed by atoms with E-state index < -0.39 is 23.6 Å². The molecule has 1 fully saturated rings. The minimum atomic E-state index is -1.08. The lowest BCUT2D eigenvalue weighted by atomic mass is 10.4. The van der Waals surface area contributed by atoms with Gasteiger partial charge in [-0.2, -0.15) is 0 Å². The minimum absolute atomic E-state index is 0.175. The molecule has 0 aromatic rings. The average molecular weight is 271 g/mol. The normalized spacial score (nSPS) is 18.7. The number of carbonyl (C=O) groups excluding carboxylic acids is 3. The number of carbonyl (C=O) groups is 3. The minimum Gasteiger partial charge on any atom is -0.465 e. The first-order valence-electron chi connectivity index (χ1n) is 5.80. The van der Waals surface area contributed by atoms with Crippen molar-refractivity contribution < 1.29 is 28.6 Å². The van der Waals surface area contributed by atoms with Gasteiger partial charge in [-0.15, -0.1) is 0 Å². The smallest absolute Gasteiger partial charge is 0.377 e. The van der Waals surface area contributed by atoms with Crippen molar-refractivity contribution in [3.63, 3.8) is 0 Å². The third-order valence-electron chi connectivity index (χ3n) is 2.20. The molecular formula is C12H17NO6. The second kappa shape index (κ2) is 5.73. The molecule has 0 atom stereocenters. The SMILES string of the molecule is CCOC(=O)CN(C)C(=O)/C=C1\OC(C)(C)OC1=O. The van der Waals surface area contributed by atoms with Crippen LogP contribution in [-0.2, 0) is 28.6 Å². The Morgan fingerprint density at radius 1 is 1.37 bits per heavy atom. The Kier molecular flexibility index (Phi) is 4.52. The number of rotatable bonds is 4. The van der Waals surface area contributed by atoms with Crippen LogP contribution in [0.4, 0.5) is 0 Å². The molecule has 0 aromatic carbocycles. The number of hydrogen-bond acceptors (Lipinski definition) is 6. The first-order valence-corrected chi connectivity index (χ1v) is 5.80. The largest absolute Gasteiger partial charge is 0.465 e. The van der Waals surface area contributed by atoms with Gasteiger partial charge < -0.3 is 19.1 Å². The number of cyclic esters (lactones) is 1. The van der Waals surface area contributed by atoms with E-state index in [-0.39, 0.29) is 18.9 Å². The highest BCUT2D eigenvalue weighted by Crippen LogP contribution is 2.26. The lowest BCUT2D eigenvalue weighted by Crippen LogP contribution is -2.32. The van der Waals surface area contributed by atoms with Crippen LogP contribution in [0, 0.1) is 0 Å². The van der Waals surface area contributed by atoms with Crippen LogP contribution in [0.15, 0.2) is 11.8 Å². The molecule has 0 radical (unpaired) electrons. The van der Waals surface area contributed by atoms with E-state index in [1.54, 1.807) is 20.8 Å². The topological polar surface area (TPSA) is 82.1 Å². The molecule has 7 heteroatoms. The molecule has 0 unspecified atom stereocenters. The van der Waals surface area contributed by atoms with E-state index in [1.165, 1.54) is 7.05 Å². The van der Waals surface area contributed by atoms with Crippen molar-refractivity contribution in [2.45, 2.75) is 26.6 Å². The van der Waals surface area contributed by atoms with E-state index in [2.05, 4.69) is 0 Å². The Morgan fingerprint density at radius 3 is 2.47 bits per heavy atom. The predicted octanol–water partition coefficient (Wildman–Crippen LogP) is 0.201. The van der Waals surface area contributed by atoms with E-state index in [0.29, 0.717) is 0 Å². The molecule has 19 heavy (non-hydrogen) atoms. The second-order valence-electron chi connectivity index (χ2n) is 4.40. The lowest BCUT2D eigenvalue weighted by Gasteiger charge is -2.15. The maximum atomic E-state index is 11.7. The lowest BCUT2D eigenvalue weighted by molar-refractivity contribution is -0.159. The monoisotopic (exact) mass is 271 g/mol. The molecule has 1 amide bonds. The first-order chi connectivity index (χ1) is 8.75. The fourth-order valence-electron chi connectivity index (χ4n) is 1.39. The van der Waals surface area contributed by atoms with E-state index in [0.717, 1.165) is 11.0 Å². The third-order valence-corrected chi connectivity index (χ3v) is 2.20. The van der Waals surface area contributed by atoms with E-state index >= 15 is 0 Å². The second-order valence-corrected chi connectivity index (χ2v) is 4.40. The molecule has 0 aliphatic carbocycles. The Morgan fingerprint density at radius 2 is 2.00 bits per heavy atom. The fourth-order valence-corrected chi connectivity index (χ4v) is 1.39. The van der Waals surface area contributed by atoms with Crippen LogP contribution in [0.2, 0.25) is 0 Å².